The summed E-state index contributed by atoms with van der Waals surface area (Å²) in [4.78, 5) is 8.69. The zero-order valence-electron chi connectivity index (χ0n) is 10.3. The van der Waals surface area contributed by atoms with Crippen molar-refractivity contribution < 1.29 is 4.74 Å². The summed E-state index contributed by atoms with van der Waals surface area (Å²) < 4.78 is 5.72. The van der Waals surface area contributed by atoms with Gasteiger partial charge in [-0.2, -0.15) is 0 Å². The molecule has 0 saturated heterocycles. The highest BCUT2D eigenvalue weighted by atomic mass is 35.5. The molecule has 1 aromatic heterocycles. The van der Waals surface area contributed by atoms with Crippen molar-refractivity contribution >= 4 is 11.6 Å². The summed E-state index contributed by atoms with van der Waals surface area (Å²) in [5.74, 6) is 1.12. The van der Waals surface area contributed by atoms with Crippen molar-refractivity contribution in [1.82, 2.24) is 9.97 Å². The second-order valence-electron chi connectivity index (χ2n) is 4.74. The number of hydrogen-bond donors (Lipinski definition) is 0. The third-order valence-corrected chi connectivity index (χ3v) is 2.50. The predicted molar refractivity (Wildman–Crippen MR) is 65.4 cm³/mol. The van der Waals surface area contributed by atoms with Gasteiger partial charge in [-0.25, -0.2) is 9.97 Å². The Labute approximate surface area is 102 Å². The number of aromatic nitrogens is 2. The Kier molecular flexibility index (Phi) is 4.69. The maximum atomic E-state index is 5.76. The van der Waals surface area contributed by atoms with Crippen molar-refractivity contribution in [2.75, 3.05) is 6.61 Å². The minimum atomic E-state index is -0.0966. The summed E-state index contributed by atoms with van der Waals surface area (Å²) in [7, 11) is 0. The predicted octanol–water partition coefficient (Wildman–Crippen LogP) is 3.34. The van der Waals surface area contributed by atoms with Gasteiger partial charge in [0.15, 0.2) is 5.82 Å². The van der Waals surface area contributed by atoms with Gasteiger partial charge in [-0.1, -0.05) is 20.8 Å². The largest absolute Gasteiger partial charge is 0.370 e. The maximum absolute atomic E-state index is 5.76. The molecule has 1 heterocycles. The highest BCUT2D eigenvalue weighted by Crippen LogP contribution is 2.34. The third kappa shape index (κ3) is 3.42. The van der Waals surface area contributed by atoms with Crippen LogP contribution in [0.5, 0.6) is 0 Å². The van der Waals surface area contributed by atoms with Gasteiger partial charge in [0.25, 0.3) is 0 Å². The quantitative estimate of drug-likeness (QED) is 0.760. The molecular weight excluding hydrogens is 224 g/mol. The fraction of sp³-hybridized carbons (Fsp3) is 0.667. The van der Waals surface area contributed by atoms with Gasteiger partial charge in [0.2, 0.25) is 0 Å². The molecule has 4 heteroatoms. The molecule has 0 aliphatic heterocycles. The monoisotopic (exact) mass is 242 g/mol. The molecule has 1 unspecified atom stereocenters. The van der Waals surface area contributed by atoms with Crippen molar-refractivity contribution in [3.05, 3.63) is 23.8 Å². The summed E-state index contributed by atoms with van der Waals surface area (Å²) in [6.45, 7) is 8.97. The fourth-order valence-corrected chi connectivity index (χ4v) is 1.64. The van der Waals surface area contributed by atoms with E-state index in [1.807, 2.05) is 13.0 Å². The van der Waals surface area contributed by atoms with Crippen molar-refractivity contribution in [3.8, 4) is 0 Å². The number of ether oxygens (including phenoxy) is 1. The van der Waals surface area contributed by atoms with Crippen LogP contribution in [0.1, 0.15) is 45.3 Å². The van der Waals surface area contributed by atoms with Gasteiger partial charge in [-0.3, -0.25) is 0 Å². The Morgan fingerprint density at radius 1 is 1.44 bits per heavy atom. The molecule has 90 valence electrons. The van der Waals surface area contributed by atoms with E-state index in [9.17, 15) is 0 Å². The van der Waals surface area contributed by atoms with Crippen molar-refractivity contribution in [1.29, 1.82) is 0 Å². The summed E-state index contributed by atoms with van der Waals surface area (Å²) in [5, 5.41) is 0. The SMILES string of the molecule is CCOC(c1nccc(CCl)n1)C(C)(C)C. The lowest BCUT2D eigenvalue weighted by molar-refractivity contribution is -0.0192. The lowest BCUT2D eigenvalue weighted by atomic mass is 9.88. The molecule has 0 N–H and O–H groups in total. The molecule has 0 saturated carbocycles. The average Bonchev–Trinajstić information content (AvgIpc) is 2.24. The van der Waals surface area contributed by atoms with Gasteiger partial charge in [-0.15, -0.1) is 11.6 Å². The molecule has 1 atom stereocenters. The van der Waals surface area contributed by atoms with Crippen LogP contribution in [-0.2, 0) is 10.6 Å². The van der Waals surface area contributed by atoms with E-state index in [4.69, 9.17) is 16.3 Å². The molecular formula is C12H19ClN2O. The third-order valence-electron chi connectivity index (χ3n) is 2.22. The van der Waals surface area contributed by atoms with Crippen molar-refractivity contribution in [3.63, 3.8) is 0 Å². The van der Waals surface area contributed by atoms with Crippen LogP contribution < -0.4 is 0 Å². The van der Waals surface area contributed by atoms with Gasteiger partial charge in [0, 0.05) is 12.8 Å². The summed E-state index contributed by atoms with van der Waals surface area (Å²) in [5.41, 5.74) is 0.807. The van der Waals surface area contributed by atoms with Crippen LogP contribution in [0.3, 0.4) is 0 Å². The molecule has 1 rings (SSSR count). The summed E-state index contributed by atoms with van der Waals surface area (Å²) in [6, 6.07) is 1.82. The van der Waals surface area contributed by atoms with Gasteiger partial charge in [0.1, 0.15) is 6.10 Å². The van der Waals surface area contributed by atoms with Gasteiger partial charge in [-0.05, 0) is 18.4 Å². The van der Waals surface area contributed by atoms with Gasteiger partial charge in [0.05, 0.1) is 11.6 Å². The second kappa shape index (κ2) is 5.60. The van der Waals surface area contributed by atoms with Gasteiger partial charge >= 0.3 is 0 Å². The van der Waals surface area contributed by atoms with Gasteiger partial charge < -0.3 is 4.74 Å². The molecule has 0 bridgehead atoms. The Balaban J connectivity index is 3.01. The highest BCUT2D eigenvalue weighted by Gasteiger charge is 2.29. The Hall–Kier alpha value is -0.670. The summed E-state index contributed by atoms with van der Waals surface area (Å²) >= 11 is 5.76. The van der Waals surface area contributed by atoms with E-state index in [0.717, 1.165) is 5.69 Å². The van der Waals surface area contributed by atoms with E-state index in [1.54, 1.807) is 6.20 Å². The van der Waals surface area contributed by atoms with E-state index < -0.39 is 0 Å². The minimum absolute atomic E-state index is 0.0268. The van der Waals surface area contributed by atoms with Crippen LogP contribution in [0, 0.1) is 5.41 Å². The second-order valence-corrected chi connectivity index (χ2v) is 5.01. The topological polar surface area (TPSA) is 35.0 Å². The van der Waals surface area contributed by atoms with Crippen LogP contribution in [0.2, 0.25) is 0 Å². The zero-order valence-corrected chi connectivity index (χ0v) is 11.1. The van der Waals surface area contributed by atoms with Crippen molar-refractivity contribution in [2.24, 2.45) is 5.41 Å². The molecule has 1 aromatic rings. The number of halogens is 1. The standard InChI is InChI=1S/C12H19ClN2O/c1-5-16-10(12(2,3)4)11-14-7-6-9(8-13)15-11/h6-7,10H,5,8H2,1-4H3. The van der Waals surface area contributed by atoms with Crippen LogP contribution in [0.4, 0.5) is 0 Å². The first-order valence-electron chi connectivity index (χ1n) is 5.48. The smallest absolute Gasteiger partial charge is 0.157 e. The molecule has 16 heavy (non-hydrogen) atoms. The van der Waals surface area contributed by atoms with Crippen LogP contribution >= 0.6 is 11.6 Å². The van der Waals surface area contributed by atoms with E-state index >= 15 is 0 Å². The first kappa shape index (κ1) is 13.4. The molecule has 3 nitrogen and oxygen atoms in total. The number of nitrogens with zero attached hydrogens (tertiary/aromatic N) is 2. The highest BCUT2D eigenvalue weighted by molar-refractivity contribution is 6.16. The normalized spacial score (nSPS) is 13.8. The van der Waals surface area contributed by atoms with E-state index in [-0.39, 0.29) is 11.5 Å². The minimum Gasteiger partial charge on any atom is -0.370 e. The molecule has 0 spiro atoms. The van der Waals surface area contributed by atoms with E-state index in [0.29, 0.717) is 18.3 Å². The number of rotatable bonds is 4. The van der Waals surface area contributed by atoms with Crippen LogP contribution in [-0.4, -0.2) is 16.6 Å². The molecule has 0 amide bonds. The number of hydrogen-bond acceptors (Lipinski definition) is 3. The summed E-state index contributed by atoms with van der Waals surface area (Å²) in [6.07, 6.45) is 1.64. The molecule has 0 aliphatic rings. The Morgan fingerprint density at radius 3 is 2.62 bits per heavy atom. The molecule has 0 radical (unpaired) electrons. The molecule has 0 aromatic carbocycles. The average molecular weight is 243 g/mol. The van der Waals surface area contributed by atoms with E-state index in [1.165, 1.54) is 0 Å². The lowest BCUT2D eigenvalue weighted by Gasteiger charge is -2.29. The molecule has 0 aliphatic carbocycles. The first-order valence-corrected chi connectivity index (χ1v) is 6.02. The Bertz CT molecular complexity index is 336. The van der Waals surface area contributed by atoms with Crippen molar-refractivity contribution in [2.45, 2.75) is 39.7 Å². The van der Waals surface area contributed by atoms with Crippen LogP contribution in [0.15, 0.2) is 12.3 Å². The lowest BCUT2D eigenvalue weighted by Crippen LogP contribution is -2.23. The fourth-order valence-electron chi connectivity index (χ4n) is 1.49. The maximum Gasteiger partial charge on any atom is 0.157 e. The molecule has 0 fully saturated rings. The number of alkyl halides is 1. The first-order chi connectivity index (χ1) is 7.49. The zero-order chi connectivity index (χ0) is 12.2. The van der Waals surface area contributed by atoms with Crippen LogP contribution in [0.25, 0.3) is 0 Å². The Morgan fingerprint density at radius 2 is 2.12 bits per heavy atom. The van der Waals surface area contributed by atoms with E-state index in [2.05, 4.69) is 30.7 Å².